The van der Waals surface area contributed by atoms with Crippen molar-refractivity contribution in [3.8, 4) is 0 Å². The molecule has 1 aliphatic heterocycles. The van der Waals surface area contributed by atoms with Gasteiger partial charge in [0.2, 0.25) is 5.82 Å². The van der Waals surface area contributed by atoms with E-state index in [9.17, 15) is 4.79 Å². The van der Waals surface area contributed by atoms with Crippen molar-refractivity contribution in [3.63, 3.8) is 0 Å². The van der Waals surface area contributed by atoms with E-state index in [0.29, 0.717) is 19.8 Å². The van der Waals surface area contributed by atoms with Crippen LogP contribution in [0.15, 0.2) is 0 Å². The third-order valence-electron chi connectivity index (χ3n) is 2.84. The van der Waals surface area contributed by atoms with Gasteiger partial charge in [-0.25, -0.2) is 4.98 Å². The number of amides is 1. The number of carbonyl (C=O) groups is 1. The van der Waals surface area contributed by atoms with Gasteiger partial charge in [0.05, 0.1) is 19.3 Å². The summed E-state index contributed by atoms with van der Waals surface area (Å²) >= 11 is 0. The number of hydrogen-bond donors (Lipinski definition) is 1. The van der Waals surface area contributed by atoms with E-state index in [2.05, 4.69) is 22.1 Å². The van der Waals surface area contributed by atoms with Gasteiger partial charge in [0.1, 0.15) is 5.82 Å². The molecule has 0 saturated carbocycles. The predicted octanol–water partition coefficient (Wildman–Crippen LogP) is 0.618. The van der Waals surface area contributed by atoms with Crippen LogP contribution in [-0.4, -0.2) is 51.8 Å². The van der Waals surface area contributed by atoms with Crippen LogP contribution in [-0.2, 0) is 11.2 Å². The van der Waals surface area contributed by atoms with Gasteiger partial charge in [-0.15, -0.1) is 5.10 Å². The third kappa shape index (κ3) is 2.63. The second kappa shape index (κ2) is 5.27. The van der Waals surface area contributed by atoms with Crippen LogP contribution in [0.3, 0.4) is 0 Å². The van der Waals surface area contributed by atoms with Crippen molar-refractivity contribution < 1.29 is 9.53 Å². The first-order chi connectivity index (χ1) is 8.22. The average molecular weight is 238 g/mol. The van der Waals surface area contributed by atoms with Crippen LogP contribution >= 0.6 is 0 Å². The Balaban J connectivity index is 2.07. The Morgan fingerprint density at radius 3 is 3.18 bits per heavy atom. The monoisotopic (exact) mass is 238 g/mol. The fourth-order valence-electron chi connectivity index (χ4n) is 1.90. The number of morpholine rings is 1. The molecule has 0 aliphatic carbocycles. The molecule has 2 rings (SSSR count). The minimum absolute atomic E-state index is 0.0874. The van der Waals surface area contributed by atoms with Gasteiger partial charge < -0.3 is 9.64 Å². The molecule has 1 atom stereocenters. The number of rotatable bonds is 3. The Bertz CT molecular complexity index is 391. The van der Waals surface area contributed by atoms with Gasteiger partial charge in [-0.05, 0) is 13.3 Å². The molecule has 94 valence electrons. The molecule has 1 N–H and O–H groups in total. The first-order valence-electron chi connectivity index (χ1n) is 6.02. The molecule has 1 amide bonds. The lowest BCUT2D eigenvalue weighted by Gasteiger charge is -2.32. The van der Waals surface area contributed by atoms with E-state index in [0.717, 1.165) is 18.7 Å². The van der Waals surface area contributed by atoms with E-state index < -0.39 is 0 Å². The molecule has 0 bridgehead atoms. The van der Waals surface area contributed by atoms with Gasteiger partial charge >= 0.3 is 0 Å². The largest absolute Gasteiger partial charge is 0.377 e. The lowest BCUT2D eigenvalue weighted by molar-refractivity contribution is 0.00294. The summed E-state index contributed by atoms with van der Waals surface area (Å²) in [5.74, 6) is 0.929. The fraction of sp³-hybridized carbons (Fsp3) is 0.727. The van der Waals surface area contributed by atoms with Crippen LogP contribution in [0.25, 0.3) is 0 Å². The SMILES string of the molecule is CCCc1nc(C(=O)N2CCOC[C@H]2C)n[nH]1. The quantitative estimate of drug-likeness (QED) is 0.838. The maximum absolute atomic E-state index is 12.2. The number of aromatic amines is 1. The van der Waals surface area contributed by atoms with Crippen molar-refractivity contribution in [1.29, 1.82) is 0 Å². The summed E-state index contributed by atoms with van der Waals surface area (Å²) in [5, 5.41) is 6.78. The molecule has 0 radical (unpaired) electrons. The Morgan fingerprint density at radius 2 is 2.47 bits per heavy atom. The highest BCUT2D eigenvalue weighted by Gasteiger charge is 2.27. The van der Waals surface area contributed by atoms with Gasteiger partial charge in [-0.3, -0.25) is 9.89 Å². The zero-order chi connectivity index (χ0) is 12.3. The van der Waals surface area contributed by atoms with Crippen LogP contribution in [0.4, 0.5) is 0 Å². The number of ether oxygens (including phenoxy) is 1. The number of carbonyl (C=O) groups excluding carboxylic acids is 1. The summed E-state index contributed by atoms with van der Waals surface area (Å²) < 4.78 is 5.30. The lowest BCUT2D eigenvalue weighted by atomic mass is 10.2. The molecule has 1 aromatic heterocycles. The molecular weight excluding hydrogens is 220 g/mol. The topological polar surface area (TPSA) is 71.1 Å². The van der Waals surface area contributed by atoms with Crippen molar-refractivity contribution in [2.45, 2.75) is 32.7 Å². The number of nitrogens with one attached hydrogen (secondary N) is 1. The zero-order valence-electron chi connectivity index (χ0n) is 10.3. The summed E-state index contributed by atoms with van der Waals surface area (Å²) in [6, 6.07) is 0.0874. The second-order valence-electron chi connectivity index (χ2n) is 4.28. The molecular formula is C11H18N4O2. The molecule has 1 fully saturated rings. The zero-order valence-corrected chi connectivity index (χ0v) is 10.3. The predicted molar refractivity (Wildman–Crippen MR) is 61.7 cm³/mol. The Morgan fingerprint density at radius 1 is 1.65 bits per heavy atom. The molecule has 0 unspecified atom stereocenters. The first kappa shape index (κ1) is 12.0. The van der Waals surface area contributed by atoms with Crippen LogP contribution in [0.1, 0.15) is 36.7 Å². The Kier molecular flexibility index (Phi) is 3.73. The van der Waals surface area contributed by atoms with Crippen molar-refractivity contribution in [1.82, 2.24) is 20.1 Å². The van der Waals surface area contributed by atoms with Crippen molar-refractivity contribution in [3.05, 3.63) is 11.6 Å². The minimum atomic E-state index is -0.112. The molecule has 17 heavy (non-hydrogen) atoms. The normalized spacial score (nSPS) is 20.6. The van der Waals surface area contributed by atoms with E-state index in [-0.39, 0.29) is 17.8 Å². The van der Waals surface area contributed by atoms with E-state index in [1.54, 1.807) is 4.90 Å². The molecule has 2 heterocycles. The molecule has 6 heteroatoms. The Labute approximate surface area is 100 Å². The summed E-state index contributed by atoms with van der Waals surface area (Å²) in [5.41, 5.74) is 0. The summed E-state index contributed by atoms with van der Waals surface area (Å²) in [4.78, 5) is 18.1. The standard InChI is InChI=1S/C11H18N4O2/c1-3-4-9-12-10(14-13-9)11(16)15-5-6-17-7-8(15)2/h8H,3-7H2,1-2H3,(H,12,13,14)/t8-/m1/s1. The van der Waals surface area contributed by atoms with Crippen LogP contribution in [0.2, 0.25) is 0 Å². The third-order valence-corrected chi connectivity index (χ3v) is 2.84. The first-order valence-corrected chi connectivity index (χ1v) is 6.02. The van der Waals surface area contributed by atoms with Crippen LogP contribution in [0.5, 0.6) is 0 Å². The molecule has 1 aliphatic rings. The van der Waals surface area contributed by atoms with Gasteiger partial charge in [0.25, 0.3) is 5.91 Å². The lowest BCUT2D eigenvalue weighted by Crippen LogP contribution is -2.47. The number of hydrogen-bond acceptors (Lipinski definition) is 4. The molecule has 0 aromatic carbocycles. The molecule has 1 saturated heterocycles. The van der Waals surface area contributed by atoms with Crippen LogP contribution < -0.4 is 0 Å². The summed E-state index contributed by atoms with van der Waals surface area (Å²) in [6.45, 7) is 5.81. The van der Waals surface area contributed by atoms with Gasteiger partial charge in [-0.2, -0.15) is 0 Å². The fourth-order valence-corrected chi connectivity index (χ4v) is 1.90. The van der Waals surface area contributed by atoms with Gasteiger partial charge in [0, 0.05) is 13.0 Å². The van der Waals surface area contributed by atoms with E-state index >= 15 is 0 Å². The Hall–Kier alpha value is -1.43. The van der Waals surface area contributed by atoms with E-state index in [4.69, 9.17) is 4.74 Å². The smallest absolute Gasteiger partial charge is 0.293 e. The molecule has 1 aromatic rings. The number of aryl methyl sites for hydroxylation is 1. The summed E-state index contributed by atoms with van der Waals surface area (Å²) in [7, 11) is 0. The highest BCUT2D eigenvalue weighted by atomic mass is 16.5. The van der Waals surface area contributed by atoms with Crippen molar-refractivity contribution >= 4 is 5.91 Å². The number of nitrogens with zero attached hydrogens (tertiary/aromatic N) is 3. The number of aromatic nitrogens is 3. The maximum Gasteiger partial charge on any atom is 0.293 e. The summed E-state index contributed by atoms with van der Waals surface area (Å²) in [6.07, 6.45) is 1.80. The van der Waals surface area contributed by atoms with E-state index in [1.165, 1.54) is 0 Å². The van der Waals surface area contributed by atoms with Crippen molar-refractivity contribution in [2.75, 3.05) is 19.8 Å². The second-order valence-corrected chi connectivity index (χ2v) is 4.28. The molecule has 0 spiro atoms. The molecule has 6 nitrogen and oxygen atoms in total. The average Bonchev–Trinajstić information content (AvgIpc) is 2.78. The van der Waals surface area contributed by atoms with Gasteiger partial charge in [0.15, 0.2) is 0 Å². The van der Waals surface area contributed by atoms with Crippen LogP contribution in [0, 0.1) is 0 Å². The maximum atomic E-state index is 12.2. The highest BCUT2D eigenvalue weighted by Crippen LogP contribution is 2.10. The minimum Gasteiger partial charge on any atom is -0.377 e. The highest BCUT2D eigenvalue weighted by molar-refractivity contribution is 5.90. The van der Waals surface area contributed by atoms with E-state index in [1.807, 2.05) is 6.92 Å². The number of H-pyrrole nitrogens is 1. The van der Waals surface area contributed by atoms with Gasteiger partial charge in [-0.1, -0.05) is 6.92 Å². The van der Waals surface area contributed by atoms with Crippen molar-refractivity contribution in [2.24, 2.45) is 0 Å².